The van der Waals surface area contributed by atoms with Crippen molar-refractivity contribution in [3.8, 4) is 28.7 Å². The Labute approximate surface area is 221 Å². The van der Waals surface area contributed by atoms with Crippen LogP contribution in [0.2, 0.25) is 5.02 Å². The summed E-state index contributed by atoms with van der Waals surface area (Å²) >= 11 is 6.60. The zero-order valence-electron chi connectivity index (χ0n) is 20.2. The SMILES string of the molecule is Cn1nc(C(C)(C)C)c(Cl)c1-c1nc2c(OCC(F)(F)F)nc(-c3ccccc3F)cc2[nH]1.[H-].[Na+]. The van der Waals surface area contributed by atoms with Gasteiger partial charge in [-0.15, -0.1) is 0 Å². The summed E-state index contributed by atoms with van der Waals surface area (Å²) in [5, 5.41) is 4.84. The molecule has 0 amide bonds. The molecule has 3 aromatic heterocycles. The minimum atomic E-state index is -4.59. The van der Waals surface area contributed by atoms with E-state index in [2.05, 4.69) is 20.1 Å². The maximum Gasteiger partial charge on any atom is 1.00 e. The number of nitrogens with zero attached hydrogens (tertiary/aromatic N) is 4. The molecule has 0 aliphatic heterocycles. The molecule has 0 saturated carbocycles. The van der Waals surface area contributed by atoms with Gasteiger partial charge in [-0.1, -0.05) is 44.5 Å². The second-order valence-corrected chi connectivity index (χ2v) is 8.94. The van der Waals surface area contributed by atoms with E-state index in [4.69, 9.17) is 16.3 Å². The van der Waals surface area contributed by atoms with E-state index in [0.29, 0.717) is 21.9 Å². The van der Waals surface area contributed by atoms with Gasteiger partial charge in [-0.2, -0.15) is 18.3 Å². The van der Waals surface area contributed by atoms with Crippen LogP contribution in [0.4, 0.5) is 17.6 Å². The van der Waals surface area contributed by atoms with Crippen molar-refractivity contribution >= 4 is 22.6 Å². The van der Waals surface area contributed by atoms with Crippen LogP contribution in [0.25, 0.3) is 33.8 Å². The van der Waals surface area contributed by atoms with E-state index < -0.39 is 18.6 Å². The van der Waals surface area contributed by atoms with E-state index in [0.717, 1.165) is 0 Å². The monoisotopic (exact) mass is 505 g/mol. The largest absolute Gasteiger partial charge is 1.00 e. The summed E-state index contributed by atoms with van der Waals surface area (Å²) in [6.07, 6.45) is -4.59. The average molecular weight is 506 g/mol. The standard InChI is InChI=1S/C22H20ClF4N5O.Na.H/c1-21(2,3)18-15(23)17(32(4)31-18)19-28-14-9-13(11-7-5-6-8-12(11)24)29-20(16(14)30-19)33-10-22(25,26)27;;/h5-9H,10H2,1-4H3,(H,28,30);;/q;+1;-1. The van der Waals surface area contributed by atoms with Crippen LogP contribution in [-0.2, 0) is 12.5 Å². The quantitative estimate of drug-likeness (QED) is 0.342. The van der Waals surface area contributed by atoms with Crippen molar-refractivity contribution < 1.29 is 53.3 Å². The molecule has 6 nitrogen and oxygen atoms in total. The first-order chi connectivity index (χ1) is 15.3. The molecule has 34 heavy (non-hydrogen) atoms. The normalized spacial score (nSPS) is 12.1. The fourth-order valence-corrected chi connectivity index (χ4v) is 3.92. The van der Waals surface area contributed by atoms with Gasteiger partial charge in [0.15, 0.2) is 17.9 Å². The van der Waals surface area contributed by atoms with Gasteiger partial charge in [0.25, 0.3) is 0 Å². The van der Waals surface area contributed by atoms with E-state index in [1.165, 1.54) is 24.3 Å². The summed E-state index contributed by atoms with van der Waals surface area (Å²) in [4.78, 5) is 11.6. The molecule has 12 heteroatoms. The van der Waals surface area contributed by atoms with Gasteiger partial charge in [-0.05, 0) is 18.2 Å². The number of nitrogens with one attached hydrogen (secondary N) is 1. The molecule has 1 aromatic carbocycles. The number of aromatic nitrogens is 5. The van der Waals surface area contributed by atoms with E-state index >= 15 is 0 Å². The van der Waals surface area contributed by atoms with Gasteiger partial charge in [-0.3, -0.25) is 4.68 Å². The molecule has 0 bridgehead atoms. The molecule has 0 aliphatic rings. The molecule has 4 rings (SSSR count). The number of alkyl halides is 3. The number of hydrogen-bond acceptors (Lipinski definition) is 4. The number of imidazole rings is 1. The van der Waals surface area contributed by atoms with Crippen molar-refractivity contribution in [3.05, 3.63) is 46.9 Å². The third kappa shape index (κ3) is 5.25. The Bertz CT molecular complexity index is 1350. The van der Waals surface area contributed by atoms with Gasteiger partial charge in [0.05, 0.1) is 21.9 Å². The smallest absolute Gasteiger partial charge is 1.00 e. The van der Waals surface area contributed by atoms with Crippen molar-refractivity contribution in [3.63, 3.8) is 0 Å². The first-order valence-electron chi connectivity index (χ1n) is 9.93. The van der Waals surface area contributed by atoms with Crippen molar-refractivity contribution in [2.24, 2.45) is 7.05 Å². The summed E-state index contributed by atoms with van der Waals surface area (Å²) in [5.41, 5.74) is 1.32. The third-order valence-corrected chi connectivity index (χ3v) is 5.24. The first kappa shape index (κ1) is 26.5. The van der Waals surface area contributed by atoms with Crippen LogP contribution in [0.5, 0.6) is 5.88 Å². The van der Waals surface area contributed by atoms with Crippen molar-refractivity contribution in [1.82, 2.24) is 24.7 Å². The van der Waals surface area contributed by atoms with Gasteiger partial charge < -0.3 is 11.1 Å². The fourth-order valence-electron chi connectivity index (χ4n) is 3.39. The molecule has 0 spiro atoms. The van der Waals surface area contributed by atoms with Crippen LogP contribution in [0, 0.1) is 5.82 Å². The first-order valence-corrected chi connectivity index (χ1v) is 10.3. The number of halogens is 5. The molecule has 0 saturated heterocycles. The zero-order chi connectivity index (χ0) is 24.1. The van der Waals surface area contributed by atoms with Gasteiger partial charge >= 0.3 is 35.7 Å². The van der Waals surface area contributed by atoms with Gasteiger partial charge in [-0.25, -0.2) is 14.4 Å². The van der Waals surface area contributed by atoms with Crippen LogP contribution in [0.1, 0.15) is 27.9 Å². The van der Waals surface area contributed by atoms with E-state index in [-0.39, 0.29) is 64.9 Å². The van der Waals surface area contributed by atoms with Crippen LogP contribution in [0.15, 0.2) is 30.3 Å². The number of aryl methyl sites for hydroxylation is 1. The van der Waals surface area contributed by atoms with Crippen LogP contribution < -0.4 is 34.3 Å². The Hall–Kier alpha value is -2.14. The number of hydrogen-bond donors (Lipinski definition) is 1. The molecule has 0 fully saturated rings. The molecule has 0 atom stereocenters. The van der Waals surface area contributed by atoms with Crippen LogP contribution >= 0.6 is 11.6 Å². The van der Waals surface area contributed by atoms with Crippen molar-refractivity contribution in [2.75, 3.05) is 6.61 Å². The Morgan fingerprint density at radius 2 is 1.82 bits per heavy atom. The van der Waals surface area contributed by atoms with Gasteiger partial charge in [0, 0.05) is 18.0 Å². The second kappa shape index (κ2) is 9.49. The van der Waals surface area contributed by atoms with E-state index in [1.807, 2.05) is 20.8 Å². The minimum Gasteiger partial charge on any atom is -1.00 e. The molecule has 3 heterocycles. The molecular weight excluding hydrogens is 485 g/mol. The number of H-pyrrole nitrogens is 1. The van der Waals surface area contributed by atoms with Crippen molar-refractivity contribution in [2.45, 2.75) is 32.4 Å². The van der Waals surface area contributed by atoms with E-state index in [1.54, 1.807) is 17.8 Å². The number of aromatic amines is 1. The average Bonchev–Trinajstić information content (AvgIpc) is 3.25. The Morgan fingerprint density at radius 1 is 1.15 bits per heavy atom. The molecule has 4 aromatic rings. The third-order valence-electron chi connectivity index (χ3n) is 4.88. The molecule has 0 aliphatic carbocycles. The number of ether oxygens (including phenoxy) is 1. The Balaban J connectivity index is 0.00000216. The summed E-state index contributed by atoms with van der Waals surface area (Å²) in [5.74, 6) is -0.680. The maximum atomic E-state index is 14.4. The minimum absolute atomic E-state index is 0. The van der Waals surface area contributed by atoms with Gasteiger partial charge in [0.1, 0.15) is 11.5 Å². The second-order valence-electron chi connectivity index (χ2n) is 8.56. The van der Waals surface area contributed by atoms with Crippen LogP contribution in [-0.4, -0.2) is 37.5 Å². The summed E-state index contributed by atoms with van der Waals surface area (Å²) in [7, 11) is 1.69. The summed E-state index contributed by atoms with van der Waals surface area (Å²) in [6, 6.07) is 7.31. The van der Waals surface area contributed by atoms with Crippen molar-refractivity contribution in [1.29, 1.82) is 0 Å². The molecule has 0 unspecified atom stereocenters. The Morgan fingerprint density at radius 3 is 2.41 bits per heavy atom. The number of pyridine rings is 1. The summed E-state index contributed by atoms with van der Waals surface area (Å²) < 4.78 is 59.4. The topological polar surface area (TPSA) is 68.6 Å². The number of benzene rings is 1. The number of rotatable bonds is 4. The molecule has 176 valence electrons. The molecular formula is C22H21ClF4N5NaO. The predicted octanol–water partition coefficient (Wildman–Crippen LogP) is 3.17. The molecule has 1 N–H and O–H groups in total. The number of fused-ring (bicyclic) bond motifs is 1. The Kier molecular flexibility index (Phi) is 7.38. The zero-order valence-corrected chi connectivity index (χ0v) is 21.9. The fraction of sp³-hybridized carbons (Fsp3) is 0.318. The van der Waals surface area contributed by atoms with E-state index in [9.17, 15) is 17.6 Å². The predicted molar refractivity (Wildman–Crippen MR) is 118 cm³/mol. The molecule has 0 radical (unpaired) electrons. The summed E-state index contributed by atoms with van der Waals surface area (Å²) in [6.45, 7) is 4.30. The van der Waals surface area contributed by atoms with Crippen LogP contribution in [0.3, 0.4) is 0 Å². The van der Waals surface area contributed by atoms with Gasteiger partial charge in [0.2, 0.25) is 5.88 Å². The maximum absolute atomic E-state index is 14.4.